The van der Waals surface area contributed by atoms with E-state index in [1.807, 2.05) is 37.3 Å². The van der Waals surface area contributed by atoms with Crippen LogP contribution >= 0.6 is 23.2 Å². The molecule has 0 unspecified atom stereocenters. The van der Waals surface area contributed by atoms with Crippen molar-refractivity contribution in [1.82, 2.24) is 0 Å². The molecule has 0 saturated heterocycles. The highest BCUT2D eigenvalue weighted by molar-refractivity contribution is 6.35. The standard InChI is InChI=1S/C17H18Cl2O3/c1-12-9-13(18)10-16(19)17(12)22-8-4-7-21-15-6-3-5-14(11-15)20-2/h3,5-6,9-11H,4,7-8H2,1-2H3. The van der Waals surface area contributed by atoms with Crippen LogP contribution in [0.2, 0.25) is 10.0 Å². The molecular weight excluding hydrogens is 323 g/mol. The molecule has 0 aliphatic heterocycles. The molecule has 0 heterocycles. The van der Waals surface area contributed by atoms with Crippen LogP contribution in [0.4, 0.5) is 0 Å². The minimum atomic E-state index is 0.520. The molecule has 22 heavy (non-hydrogen) atoms. The van der Waals surface area contributed by atoms with Gasteiger partial charge in [0.05, 0.1) is 25.3 Å². The van der Waals surface area contributed by atoms with Gasteiger partial charge in [-0.25, -0.2) is 0 Å². The number of rotatable bonds is 7. The van der Waals surface area contributed by atoms with Gasteiger partial charge in [0, 0.05) is 17.5 Å². The topological polar surface area (TPSA) is 27.7 Å². The maximum Gasteiger partial charge on any atom is 0.140 e. The number of methoxy groups -OCH3 is 1. The van der Waals surface area contributed by atoms with E-state index >= 15 is 0 Å². The first-order valence-electron chi connectivity index (χ1n) is 6.95. The highest BCUT2D eigenvalue weighted by atomic mass is 35.5. The zero-order valence-corrected chi connectivity index (χ0v) is 14.1. The fraction of sp³-hybridized carbons (Fsp3) is 0.294. The Hall–Kier alpha value is -1.58. The molecule has 0 aliphatic carbocycles. The SMILES string of the molecule is COc1cccc(OCCCOc2c(C)cc(Cl)cc2Cl)c1. The molecule has 0 saturated carbocycles. The average Bonchev–Trinajstić information content (AvgIpc) is 2.49. The predicted octanol–water partition coefficient (Wildman–Crippen LogP) is 5.16. The van der Waals surface area contributed by atoms with Gasteiger partial charge in [-0.05, 0) is 36.8 Å². The van der Waals surface area contributed by atoms with Crippen LogP contribution in [-0.2, 0) is 0 Å². The molecule has 0 aromatic heterocycles. The number of hydrogen-bond acceptors (Lipinski definition) is 3. The zero-order chi connectivity index (χ0) is 15.9. The van der Waals surface area contributed by atoms with Crippen molar-refractivity contribution < 1.29 is 14.2 Å². The number of ether oxygens (including phenoxy) is 3. The van der Waals surface area contributed by atoms with Gasteiger partial charge in [0.15, 0.2) is 0 Å². The third-order valence-electron chi connectivity index (χ3n) is 3.04. The van der Waals surface area contributed by atoms with E-state index in [1.165, 1.54) is 0 Å². The van der Waals surface area contributed by atoms with E-state index in [-0.39, 0.29) is 0 Å². The molecule has 0 atom stereocenters. The quantitative estimate of drug-likeness (QED) is 0.651. The molecule has 2 aromatic carbocycles. The normalized spacial score (nSPS) is 10.4. The van der Waals surface area contributed by atoms with E-state index in [0.717, 1.165) is 23.5 Å². The number of benzene rings is 2. The summed E-state index contributed by atoms with van der Waals surface area (Å²) in [5.41, 5.74) is 0.922. The lowest BCUT2D eigenvalue weighted by molar-refractivity contribution is 0.246. The summed E-state index contributed by atoms with van der Waals surface area (Å²) in [7, 11) is 1.63. The second kappa shape index (κ2) is 8.16. The Morgan fingerprint density at radius 3 is 2.41 bits per heavy atom. The zero-order valence-electron chi connectivity index (χ0n) is 12.6. The summed E-state index contributed by atoms with van der Waals surface area (Å²) >= 11 is 12.1. The Balaban J connectivity index is 1.78. The second-order valence-corrected chi connectivity index (χ2v) is 5.61. The largest absolute Gasteiger partial charge is 0.497 e. The summed E-state index contributed by atoms with van der Waals surface area (Å²) in [6.45, 7) is 2.99. The van der Waals surface area contributed by atoms with Gasteiger partial charge in [0.1, 0.15) is 17.2 Å². The van der Waals surface area contributed by atoms with E-state index in [1.54, 1.807) is 13.2 Å². The van der Waals surface area contributed by atoms with Gasteiger partial charge >= 0.3 is 0 Å². The van der Waals surface area contributed by atoms with Crippen molar-refractivity contribution in [2.24, 2.45) is 0 Å². The first-order valence-corrected chi connectivity index (χ1v) is 7.71. The molecule has 118 valence electrons. The van der Waals surface area contributed by atoms with Gasteiger partial charge in [0.25, 0.3) is 0 Å². The van der Waals surface area contributed by atoms with E-state index in [9.17, 15) is 0 Å². The monoisotopic (exact) mass is 340 g/mol. The molecule has 2 aromatic rings. The summed E-state index contributed by atoms with van der Waals surface area (Å²) in [4.78, 5) is 0. The summed E-state index contributed by atoms with van der Waals surface area (Å²) in [5, 5.41) is 1.13. The van der Waals surface area contributed by atoms with E-state index in [0.29, 0.717) is 29.0 Å². The molecule has 0 aliphatic rings. The van der Waals surface area contributed by atoms with Crippen LogP contribution in [0.5, 0.6) is 17.2 Å². The maximum atomic E-state index is 6.12. The van der Waals surface area contributed by atoms with Crippen LogP contribution in [0.15, 0.2) is 36.4 Å². The molecule has 0 fully saturated rings. The van der Waals surface area contributed by atoms with Crippen LogP contribution < -0.4 is 14.2 Å². The molecule has 0 radical (unpaired) electrons. The molecule has 5 heteroatoms. The van der Waals surface area contributed by atoms with Gasteiger partial charge in [-0.3, -0.25) is 0 Å². The molecule has 3 nitrogen and oxygen atoms in total. The van der Waals surface area contributed by atoms with Crippen molar-refractivity contribution >= 4 is 23.2 Å². The molecule has 0 N–H and O–H groups in total. The van der Waals surface area contributed by atoms with Gasteiger partial charge in [-0.2, -0.15) is 0 Å². The Labute approximate surface area is 140 Å². The first kappa shape index (κ1) is 16.8. The highest BCUT2D eigenvalue weighted by Crippen LogP contribution is 2.31. The van der Waals surface area contributed by atoms with Crippen LogP contribution in [0.3, 0.4) is 0 Å². The summed E-state index contributed by atoms with van der Waals surface area (Å²) < 4.78 is 16.5. The number of halogens is 2. The summed E-state index contributed by atoms with van der Waals surface area (Å²) in [6.07, 6.45) is 0.746. The van der Waals surface area contributed by atoms with Gasteiger partial charge in [-0.15, -0.1) is 0 Å². The lowest BCUT2D eigenvalue weighted by atomic mass is 10.2. The number of aryl methyl sites for hydroxylation is 1. The molecule has 0 spiro atoms. The Morgan fingerprint density at radius 2 is 1.68 bits per heavy atom. The lowest BCUT2D eigenvalue weighted by Crippen LogP contribution is -2.06. The third-order valence-corrected chi connectivity index (χ3v) is 3.54. The van der Waals surface area contributed by atoms with Crippen molar-refractivity contribution in [3.8, 4) is 17.2 Å². The molecule has 0 bridgehead atoms. The third kappa shape index (κ3) is 4.72. The fourth-order valence-corrected chi connectivity index (χ4v) is 2.64. The van der Waals surface area contributed by atoms with Crippen LogP contribution in [-0.4, -0.2) is 20.3 Å². The van der Waals surface area contributed by atoms with E-state index < -0.39 is 0 Å². The maximum absolute atomic E-state index is 6.12. The van der Waals surface area contributed by atoms with Crippen LogP contribution in [0.25, 0.3) is 0 Å². The fourth-order valence-electron chi connectivity index (χ4n) is 1.99. The second-order valence-electron chi connectivity index (χ2n) is 4.76. The predicted molar refractivity (Wildman–Crippen MR) is 89.8 cm³/mol. The highest BCUT2D eigenvalue weighted by Gasteiger charge is 2.07. The Bertz CT molecular complexity index is 606. The van der Waals surface area contributed by atoms with Crippen molar-refractivity contribution in [2.45, 2.75) is 13.3 Å². The minimum absolute atomic E-state index is 0.520. The van der Waals surface area contributed by atoms with E-state index in [4.69, 9.17) is 37.4 Å². The average molecular weight is 341 g/mol. The number of hydrogen-bond donors (Lipinski definition) is 0. The Morgan fingerprint density at radius 1 is 0.955 bits per heavy atom. The smallest absolute Gasteiger partial charge is 0.140 e. The summed E-state index contributed by atoms with van der Waals surface area (Å²) in [5.74, 6) is 2.23. The lowest BCUT2D eigenvalue weighted by Gasteiger charge is -2.12. The van der Waals surface area contributed by atoms with Crippen molar-refractivity contribution in [3.63, 3.8) is 0 Å². The van der Waals surface area contributed by atoms with Crippen molar-refractivity contribution in [3.05, 3.63) is 52.0 Å². The minimum Gasteiger partial charge on any atom is -0.497 e. The Kier molecular flexibility index (Phi) is 6.22. The van der Waals surface area contributed by atoms with E-state index in [2.05, 4.69) is 0 Å². The molecule has 2 rings (SSSR count). The molecule has 0 amide bonds. The van der Waals surface area contributed by atoms with Gasteiger partial charge < -0.3 is 14.2 Å². The van der Waals surface area contributed by atoms with Crippen LogP contribution in [0, 0.1) is 6.92 Å². The van der Waals surface area contributed by atoms with Crippen LogP contribution in [0.1, 0.15) is 12.0 Å². The first-order chi connectivity index (χ1) is 10.6. The van der Waals surface area contributed by atoms with Crippen molar-refractivity contribution in [2.75, 3.05) is 20.3 Å². The summed E-state index contributed by atoms with van der Waals surface area (Å²) in [6, 6.07) is 11.0. The molecular formula is C17H18Cl2O3. The van der Waals surface area contributed by atoms with Crippen molar-refractivity contribution in [1.29, 1.82) is 0 Å². The van der Waals surface area contributed by atoms with Gasteiger partial charge in [0.2, 0.25) is 0 Å². The van der Waals surface area contributed by atoms with Gasteiger partial charge in [-0.1, -0.05) is 29.3 Å².